The zero-order valence-corrected chi connectivity index (χ0v) is 16.2. The standard InChI is InChI=1S/C20H22F2N4O4/c21-18(22)30-13-20(6-7-20)24-17(27)15-10-23-26-9-8-25(11-16(15)26)19(28)29-12-14-4-2-1-3-5-14/h1-5,10,18H,6-9,11-13H2,(H,24,27). The van der Waals surface area contributed by atoms with E-state index < -0.39 is 24.2 Å². The smallest absolute Gasteiger partial charge is 0.410 e. The van der Waals surface area contributed by atoms with Crippen molar-refractivity contribution in [2.45, 2.75) is 44.7 Å². The molecule has 2 aliphatic rings. The number of hydrogen-bond acceptors (Lipinski definition) is 5. The monoisotopic (exact) mass is 420 g/mol. The summed E-state index contributed by atoms with van der Waals surface area (Å²) >= 11 is 0. The molecule has 2 amide bonds. The van der Waals surface area contributed by atoms with Crippen LogP contribution in [0.4, 0.5) is 13.6 Å². The summed E-state index contributed by atoms with van der Waals surface area (Å²) in [6, 6.07) is 9.35. The average Bonchev–Trinajstić information content (AvgIpc) is 3.38. The lowest BCUT2D eigenvalue weighted by Gasteiger charge is -2.28. The molecule has 10 heteroatoms. The summed E-state index contributed by atoms with van der Waals surface area (Å²) in [5.41, 5.74) is 1.03. The maximum absolute atomic E-state index is 12.7. The fourth-order valence-corrected chi connectivity index (χ4v) is 3.39. The number of carbonyl (C=O) groups is 2. The zero-order chi connectivity index (χ0) is 21.1. The molecule has 0 atom stereocenters. The number of nitrogens with zero attached hydrogens (tertiary/aromatic N) is 3. The minimum absolute atomic E-state index is 0.162. The van der Waals surface area contributed by atoms with Gasteiger partial charge in [-0.05, 0) is 18.4 Å². The second-order valence-electron chi connectivity index (χ2n) is 7.50. The third-order valence-electron chi connectivity index (χ3n) is 5.30. The molecular formula is C20H22F2N4O4. The van der Waals surface area contributed by atoms with Gasteiger partial charge in [-0.2, -0.15) is 13.9 Å². The van der Waals surface area contributed by atoms with Crippen molar-refractivity contribution in [2.75, 3.05) is 13.2 Å². The summed E-state index contributed by atoms with van der Waals surface area (Å²) in [5.74, 6) is -0.411. The molecule has 1 aromatic heterocycles. The Labute approximate surface area is 171 Å². The molecule has 0 radical (unpaired) electrons. The van der Waals surface area contributed by atoms with E-state index >= 15 is 0 Å². The molecule has 0 unspecified atom stereocenters. The quantitative estimate of drug-likeness (QED) is 0.744. The van der Waals surface area contributed by atoms with Crippen LogP contribution in [0.25, 0.3) is 0 Å². The summed E-state index contributed by atoms with van der Waals surface area (Å²) in [6.07, 6.45) is 2.12. The first-order valence-corrected chi connectivity index (χ1v) is 9.68. The highest BCUT2D eigenvalue weighted by Gasteiger charge is 2.45. The zero-order valence-electron chi connectivity index (χ0n) is 16.2. The van der Waals surface area contributed by atoms with Gasteiger partial charge in [-0.25, -0.2) is 4.79 Å². The number of carbonyl (C=O) groups excluding carboxylic acids is 2. The molecule has 0 spiro atoms. The van der Waals surface area contributed by atoms with Gasteiger partial charge in [0.2, 0.25) is 0 Å². The highest BCUT2D eigenvalue weighted by molar-refractivity contribution is 5.96. The van der Waals surface area contributed by atoms with Gasteiger partial charge in [-0.1, -0.05) is 30.3 Å². The second kappa shape index (κ2) is 8.39. The van der Waals surface area contributed by atoms with E-state index in [0.717, 1.165) is 5.56 Å². The lowest BCUT2D eigenvalue weighted by atomic mass is 10.1. The molecule has 1 aliphatic carbocycles. The van der Waals surface area contributed by atoms with E-state index in [1.807, 2.05) is 30.3 Å². The highest BCUT2D eigenvalue weighted by atomic mass is 19.3. The number of amides is 2. The van der Waals surface area contributed by atoms with Crippen LogP contribution < -0.4 is 5.32 Å². The van der Waals surface area contributed by atoms with Crippen molar-refractivity contribution in [3.05, 3.63) is 53.3 Å². The van der Waals surface area contributed by atoms with Crippen molar-refractivity contribution in [1.29, 1.82) is 0 Å². The number of rotatable bonds is 7. The number of nitrogens with one attached hydrogen (secondary N) is 1. The van der Waals surface area contributed by atoms with Crippen molar-refractivity contribution in [3.8, 4) is 0 Å². The normalized spacial score (nSPS) is 16.8. The Morgan fingerprint density at radius 3 is 2.67 bits per heavy atom. The molecule has 2 heterocycles. The fraction of sp³-hybridized carbons (Fsp3) is 0.450. The first-order valence-electron chi connectivity index (χ1n) is 9.68. The first-order chi connectivity index (χ1) is 14.5. The van der Waals surface area contributed by atoms with Gasteiger partial charge in [0.05, 0.1) is 42.7 Å². The van der Waals surface area contributed by atoms with Crippen LogP contribution in [0.5, 0.6) is 0 Å². The predicted octanol–water partition coefficient (Wildman–Crippen LogP) is 2.54. The SMILES string of the molecule is O=C(NC1(COC(F)F)CC1)c1cnn2c1CN(C(=O)OCc1ccccc1)CC2. The van der Waals surface area contributed by atoms with Crippen LogP contribution in [0.1, 0.15) is 34.5 Å². The molecule has 30 heavy (non-hydrogen) atoms. The number of ether oxygens (including phenoxy) is 2. The van der Waals surface area contributed by atoms with Crippen LogP contribution in [-0.2, 0) is 29.2 Å². The summed E-state index contributed by atoms with van der Waals surface area (Å²) in [5, 5.41) is 7.00. The van der Waals surface area contributed by atoms with Crippen LogP contribution in [0.15, 0.2) is 36.5 Å². The van der Waals surface area contributed by atoms with E-state index in [2.05, 4.69) is 15.2 Å². The van der Waals surface area contributed by atoms with Crippen LogP contribution in [0.3, 0.4) is 0 Å². The molecule has 1 aromatic carbocycles. The van der Waals surface area contributed by atoms with Gasteiger partial charge in [-0.15, -0.1) is 0 Å². The van der Waals surface area contributed by atoms with E-state index in [1.54, 1.807) is 4.68 Å². The van der Waals surface area contributed by atoms with Crippen LogP contribution in [0, 0.1) is 0 Å². The van der Waals surface area contributed by atoms with Gasteiger partial charge in [0.25, 0.3) is 5.91 Å². The Balaban J connectivity index is 1.37. The Morgan fingerprint density at radius 1 is 1.20 bits per heavy atom. The van der Waals surface area contributed by atoms with Gasteiger partial charge < -0.3 is 19.7 Å². The predicted molar refractivity (Wildman–Crippen MR) is 101 cm³/mol. The number of alkyl halides is 2. The van der Waals surface area contributed by atoms with Gasteiger partial charge in [0, 0.05) is 6.54 Å². The third kappa shape index (κ3) is 4.59. The molecule has 1 fully saturated rings. The molecule has 1 aliphatic heterocycles. The Hall–Kier alpha value is -3.01. The topological polar surface area (TPSA) is 85.7 Å². The largest absolute Gasteiger partial charge is 0.445 e. The number of hydrogen-bond donors (Lipinski definition) is 1. The summed E-state index contributed by atoms with van der Waals surface area (Å²) in [4.78, 5) is 26.7. The van der Waals surface area contributed by atoms with E-state index in [9.17, 15) is 18.4 Å². The highest BCUT2D eigenvalue weighted by Crippen LogP contribution is 2.36. The lowest BCUT2D eigenvalue weighted by molar-refractivity contribution is -0.135. The maximum Gasteiger partial charge on any atom is 0.410 e. The number of benzene rings is 1. The molecular weight excluding hydrogens is 398 g/mol. The van der Waals surface area contributed by atoms with Gasteiger partial charge >= 0.3 is 12.7 Å². The molecule has 4 rings (SSSR count). The minimum Gasteiger partial charge on any atom is -0.445 e. The molecule has 0 saturated heterocycles. The van der Waals surface area contributed by atoms with E-state index in [0.29, 0.717) is 37.2 Å². The minimum atomic E-state index is -2.88. The maximum atomic E-state index is 12.7. The number of halogens is 2. The fourth-order valence-electron chi connectivity index (χ4n) is 3.39. The van der Waals surface area contributed by atoms with Crippen molar-refractivity contribution in [1.82, 2.24) is 20.0 Å². The third-order valence-corrected chi connectivity index (χ3v) is 5.30. The molecule has 0 bridgehead atoms. The molecule has 2 aromatic rings. The van der Waals surface area contributed by atoms with E-state index in [-0.39, 0.29) is 19.8 Å². The number of fused-ring (bicyclic) bond motifs is 1. The van der Waals surface area contributed by atoms with Crippen LogP contribution >= 0.6 is 0 Å². The summed E-state index contributed by atoms with van der Waals surface area (Å²) in [7, 11) is 0. The number of aromatic nitrogens is 2. The molecule has 8 nitrogen and oxygen atoms in total. The lowest BCUT2D eigenvalue weighted by Crippen LogP contribution is -2.42. The summed E-state index contributed by atoms with van der Waals surface area (Å²) < 4.78 is 36.1. The van der Waals surface area contributed by atoms with Crippen molar-refractivity contribution < 1.29 is 27.8 Å². The molecule has 160 valence electrons. The summed E-state index contributed by atoms with van der Waals surface area (Å²) in [6.45, 7) is -1.93. The van der Waals surface area contributed by atoms with Crippen LogP contribution in [-0.4, -0.2) is 52.0 Å². The van der Waals surface area contributed by atoms with Gasteiger partial charge in [0.15, 0.2) is 0 Å². The first kappa shape index (κ1) is 20.3. The van der Waals surface area contributed by atoms with Crippen molar-refractivity contribution >= 4 is 12.0 Å². The van der Waals surface area contributed by atoms with E-state index in [1.165, 1.54) is 11.1 Å². The average molecular weight is 420 g/mol. The Kier molecular flexibility index (Phi) is 5.67. The second-order valence-corrected chi connectivity index (χ2v) is 7.50. The van der Waals surface area contributed by atoms with E-state index in [4.69, 9.17) is 4.74 Å². The van der Waals surface area contributed by atoms with Gasteiger partial charge in [0.1, 0.15) is 6.61 Å². The van der Waals surface area contributed by atoms with Crippen molar-refractivity contribution in [3.63, 3.8) is 0 Å². The van der Waals surface area contributed by atoms with Gasteiger partial charge in [-0.3, -0.25) is 9.48 Å². The van der Waals surface area contributed by atoms with Crippen molar-refractivity contribution in [2.24, 2.45) is 0 Å². The van der Waals surface area contributed by atoms with Crippen LogP contribution in [0.2, 0.25) is 0 Å². The molecule has 1 N–H and O–H groups in total. The molecule has 1 saturated carbocycles. The Morgan fingerprint density at radius 2 is 1.97 bits per heavy atom. The Bertz CT molecular complexity index is 915.